The molecule has 0 saturated heterocycles. The molecule has 1 amide bonds. The van der Waals surface area contributed by atoms with Crippen LogP contribution in [0, 0.1) is 5.92 Å². The minimum absolute atomic E-state index is 0.0712. The van der Waals surface area contributed by atoms with E-state index in [2.05, 4.69) is 43.6 Å². The fourth-order valence-corrected chi connectivity index (χ4v) is 2.90. The minimum Gasteiger partial charge on any atom is -0.346 e. The SMILES string of the molecule is C[C@H](NC(=O)[C@@H]1C[C@@H]1c1ccc(Br)cc1)c1nncn1C. The van der Waals surface area contributed by atoms with Crippen molar-refractivity contribution in [2.24, 2.45) is 13.0 Å². The Kier molecular flexibility index (Phi) is 3.80. The van der Waals surface area contributed by atoms with Crippen molar-refractivity contribution >= 4 is 21.8 Å². The molecule has 1 N–H and O–H groups in total. The van der Waals surface area contributed by atoms with E-state index in [9.17, 15) is 4.79 Å². The predicted molar refractivity (Wildman–Crippen MR) is 82.6 cm³/mol. The van der Waals surface area contributed by atoms with E-state index in [0.29, 0.717) is 5.92 Å². The van der Waals surface area contributed by atoms with Crippen LogP contribution in [0.3, 0.4) is 0 Å². The minimum atomic E-state index is -0.129. The Labute approximate surface area is 131 Å². The summed E-state index contributed by atoms with van der Waals surface area (Å²) in [6.45, 7) is 1.93. The maximum absolute atomic E-state index is 12.3. The molecule has 1 fully saturated rings. The number of amides is 1. The maximum Gasteiger partial charge on any atom is 0.224 e. The van der Waals surface area contributed by atoms with Crippen molar-refractivity contribution in [3.8, 4) is 0 Å². The molecular weight excluding hydrogens is 332 g/mol. The van der Waals surface area contributed by atoms with Crippen LogP contribution >= 0.6 is 15.9 Å². The van der Waals surface area contributed by atoms with Gasteiger partial charge in [-0.2, -0.15) is 0 Å². The first-order chi connectivity index (χ1) is 10.1. The molecule has 21 heavy (non-hydrogen) atoms. The zero-order valence-electron chi connectivity index (χ0n) is 12.0. The Bertz CT molecular complexity index is 652. The largest absolute Gasteiger partial charge is 0.346 e. The maximum atomic E-state index is 12.3. The van der Waals surface area contributed by atoms with Gasteiger partial charge in [0.05, 0.1) is 6.04 Å². The van der Waals surface area contributed by atoms with Crippen LogP contribution in [-0.2, 0) is 11.8 Å². The first kappa shape index (κ1) is 14.3. The van der Waals surface area contributed by atoms with Gasteiger partial charge in [0.15, 0.2) is 5.82 Å². The van der Waals surface area contributed by atoms with Crippen molar-refractivity contribution in [1.82, 2.24) is 20.1 Å². The molecule has 0 aliphatic heterocycles. The molecular formula is C15H17BrN4O. The molecule has 3 atom stereocenters. The number of carbonyl (C=O) groups excluding carboxylic acids is 1. The average molecular weight is 349 g/mol. The third kappa shape index (κ3) is 3.00. The monoisotopic (exact) mass is 348 g/mol. The van der Waals surface area contributed by atoms with E-state index in [4.69, 9.17) is 0 Å². The number of nitrogens with one attached hydrogen (secondary N) is 1. The van der Waals surface area contributed by atoms with Gasteiger partial charge in [-0.3, -0.25) is 4.79 Å². The van der Waals surface area contributed by atoms with Gasteiger partial charge in [-0.05, 0) is 37.0 Å². The summed E-state index contributed by atoms with van der Waals surface area (Å²) in [6.07, 6.45) is 2.55. The Hall–Kier alpha value is -1.69. The Morgan fingerprint density at radius 2 is 2.14 bits per heavy atom. The molecule has 1 aromatic carbocycles. The van der Waals surface area contributed by atoms with E-state index >= 15 is 0 Å². The van der Waals surface area contributed by atoms with Gasteiger partial charge in [0.1, 0.15) is 6.33 Å². The topological polar surface area (TPSA) is 59.8 Å². The molecule has 0 radical (unpaired) electrons. The first-order valence-corrected chi connectivity index (χ1v) is 7.75. The van der Waals surface area contributed by atoms with Crippen molar-refractivity contribution in [3.63, 3.8) is 0 Å². The molecule has 1 aromatic heterocycles. The number of carbonyl (C=O) groups is 1. The standard InChI is InChI=1S/C15H17BrN4O/c1-9(14-19-17-8-20(14)2)18-15(21)13-7-12(13)10-3-5-11(16)6-4-10/h3-6,8-9,12-13H,7H2,1-2H3,(H,18,21)/t9-,12+,13+/m0/s1. The molecule has 1 heterocycles. The van der Waals surface area contributed by atoms with E-state index in [1.807, 2.05) is 30.7 Å². The third-order valence-corrected chi connectivity index (χ3v) is 4.45. The van der Waals surface area contributed by atoms with Crippen molar-refractivity contribution in [1.29, 1.82) is 0 Å². The summed E-state index contributed by atoms with van der Waals surface area (Å²) in [5.41, 5.74) is 1.23. The Morgan fingerprint density at radius 1 is 1.43 bits per heavy atom. The molecule has 3 rings (SSSR count). The molecule has 1 aliphatic carbocycles. The summed E-state index contributed by atoms with van der Waals surface area (Å²) >= 11 is 3.43. The molecule has 1 saturated carbocycles. The highest BCUT2D eigenvalue weighted by Gasteiger charge is 2.44. The summed E-state index contributed by atoms with van der Waals surface area (Å²) in [5, 5.41) is 10.9. The third-order valence-electron chi connectivity index (χ3n) is 3.92. The lowest BCUT2D eigenvalue weighted by atomic mass is 10.1. The second-order valence-electron chi connectivity index (χ2n) is 5.53. The Balaban J connectivity index is 1.60. The summed E-state index contributed by atoms with van der Waals surface area (Å²) in [6, 6.07) is 8.06. The predicted octanol–water partition coefficient (Wildman–Crippen LogP) is 2.56. The number of benzene rings is 1. The number of hydrogen-bond acceptors (Lipinski definition) is 3. The van der Waals surface area contributed by atoms with Crippen LogP contribution in [0.25, 0.3) is 0 Å². The lowest BCUT2D eigenvalue weighted by molar-refractivity contribution is -0.123. The fourth-order valence-electron chi connectivity index (χ4n) is 2.63. The highest BCUT2D eigenvalue weighted by atomic mass is 79.9. The second kappa shape index (κ2) is 5.60. The van der Waals surface area contributed by atoms with E-state index in [-0.39, 0.29) is 17.9 Å². The highest BCUT2D eigenvalue weighted by Crippen LogP contribution is 2.47. The average Bonchev–Trinajstić information content (AvgIpc) is 3.14. The van der Waals surface area contributed by atoms with Crippen LogP contribution in [0.15, 0.2) is 35.1 Å². The number of rotatable bonds is 4. The van der Waals surface area contributed by atoms with Crippen LogP contribution < -0.4 is 5.32 Å². The number of nitrogens with zero attached hydrogens (tertiary/aromatic N) is 3. The lowest BCUT2D eigenvalue weighted by Gasteiger charge is -2.12. The molecule has 2 aromatic rings. The van der Waals surface area contributed by atoms with Crippen molar-refractivity contribution in [2.75, 3.05) is 0 Å². The summed E-state index contributed by atoms with van der Waals surface area (Å²) in [4.78, 5) is 12.3. The molecule has 6 heteroatoms. The van der Waals surface area contributed by atoms with E-state index in [1.165, 1.54) is 5.56 Å². The number of aryl methyl sites for hydroxylation is 1. The first-order valence-electron chi connectivity index (χ1n) is 6.96. The van der Waals surface area contributed by atoms with E-state index in [0.717, 1.165) is 16.7 Å². The summed E-state index contributed by atoms with van der Waals surface area (Å²) in [5.74, 6) is 1.27. The number of hydrogen-bond donors (Lipinski definition) is 1. The zero-order valence-corrected chi connectivity index (χ0v) is 13.5. The van der Waals surface area contributed by atoms with Crippen LogP contribution in [0.2, 0.25) is 0 Å². The van der Waals surface area contributed by atoms with Gasteiger partial charge in [-0.25, -0.2) is 0 Å². The zero-order chi connectivity index (χ0) is 15.0. The van der Waals surface area contributed by atoms with E-state index < -0.39 is 0 Å². The highest BCUT2D eigenvalue weighted by molar-refractivity contribution is 9.10. The smallest absolute Gasteiger partial charge is 0.224 e. The van der Waals surface area contributed by atoms with Gasteiger partial charge in [-0.1, -0.05) is 28.1 Å². The molecule has 0 unspecified atom stereocenters. The van der Waals surface area contributed by atoms with Crippen molar-refractivity contribution in [2.45, 2.75) is 25.3 Å². The quantitative estimate of drug-likeness (QED) is 0.923. The molecule has 1 aliphatic rings. The fraction of sp³-hybridized carbons (Fsp3) is 0.400. The number of halogens is 1. The van der Waals surface area contributed by atoms with Gasteiger partial charge in [0.25, 0.3) is 0 Å². The molecule has 0 spiro atoms. The second-order valence-corrected chi connectivity index (χ2v) is 6.45. The van der Waals surface area contributed by atoms with Gasteiger partial charge < -0.3 is 9.88 Å². The molecule has 5 nitrogen and oxygen atoms in total. The van der Waals surface area contributed by atoms with E-state index in [1.54, 1.807) is 6.33 Å². The van der Waals surface area contributed by atoms with Crippen LogP contribution in [0.4, 0.5) is 0 Å². The lowest BCUT2D eigenvalue weighted by Crippen LogP contribution is -2.30. The van der Waals surface area contributed by atoms with Crippen LogP contribution in [0.1, 0.15) is 36.7 Å². The van der Waals surface area contributed by atoms with Gasteiger partial charge in [0.2, 0.25) is 5.91 Å². The normalized spacial score (nSPS) is 21.9. The molecule has 110 valence electrons. The van der Waals surface area contributed by atoms with Crippen molar-refractivity contribution < 1.29 is 4.79 Å². The van der Waals surface area contributed by atoms with Crippen LogP contribution in [0.5, 0.6) is 0 Å². The van der Waals surface area contributed by atoms with Crippen LogP contribution in [-0.4, -0.2) is 20.7 Å². The van der Waals surface area contributed by atoms with Gasteiger partial charge in [0, 0.05) is 17.4 Å². The molecule has 0 bridgehead atoms. The van der Waals surface area contributed by atoms with Gasteiger partial charge in [-0.15, -0.1) is 10.2 Å². The summed E-state index contributed by atoms with van der Waals surface area (Å²) in [7, 11) is 1.87. The Morgan fingerprint density at radius 3 is 2.76 bits per heavy atom. The number of aromatic nitrogens is 3. The summed E-state index contributed by atoms with van der Waals surface area (Å²) < 4.78 is 2.88. The van der Waals surface area contributed by atoms with Gasteiger partial charge >= 0.3 is 0 Å². The van der Waals surface area contributed by atoms with Crippen molar-refractivity contribution in [3.05, 3.63) is 46.5 Å².